The van der Waals surface area contributed by atoms with Crippen molar-refractivity contribution in [2.75, 3.05) is 0 Å². The van der Waals surface area contributed by atoms with Crippen molar-refractivity contribution in [2.24, 2.45) is 0 Å². The van der Waals surface area contributed by atoms with Crippen LogP contribution in [-0.2, 0) is 0 Å². The van der Waals surface area contributed by atoms with Crippen molar-refractivity contribution in [3.8, 4) is 11.4 Å². The molecule has 0 amide bonds. The molecule has 2 aromatic rings. The summed E-state index contributed by atoms with van der Waals surface area (Å²) in [6.45, 7) is 4.26. The van der Waals surface area contributed by atoms with Crippen LogP contribution < -0.4 is 4.87 Å². The molecule has 0 spiro atoms. The van der Waals surface area contributed by atoms with Crippen LogP contribution in [0.25, 0.3) is 11.4 Å². The van der Waals surface area contributed by atoms with E-state index in [0.29, 0.717) is 11.7 Å². The highest BCUT2D eigenvalue weighted by atomic mass is 32.1. The number of nitrogens with zero attached hydrogens (tertiary/aromatic N) is 1. The van der Waals surface area contributed by atoms with Crippen molar-refractivity contribution in [3.63, 3.8) is 0 Å². The first kappa shape index (κ1) is 10.1. The Morgan fingerprint density at radius 2 is 2.07 bits per heavy atom. The second kappa shape index (κ2) is 3.98. The minimum Gasteiger partial charge on any atom is -0.296 e. The molecule has 2 rings (SSSR count). The van der Waals surface area contributed by atoms with Gasteiger partial charge in [-0.15, -0.1) is 0 Å². The standard InChI is InChI=1S/C11H12N2OS/c1-7(2)8-5-3-4-6-9(8)10-12-11(14)15-13-10/h3-7H,1-2H3,(H,12,13,14). The van der Waals surface area contributed by atoms with Crippen LogP contribution in [0.4, 0.5) is 0 Å². The van der Waals surface area contributed by atoms with E-state index in [0.717, 1.165) is 17.1 Å². The molecule has 0 unspecified atom stereocenters. The van der Waals surface area contributed by atoms with Crippen LogP contribution in [-0.4, -0.2) is 9.36 Å². The van der Waals surface area contributed by atoms with Gasteiger partial charge in [0.2, 0.25) is 0 Å². The number of nitrogens with one attached hydrogen (secondary N) is 1. The summed E-state index contributed by atoms with van der Waals surface area (Å²) in [7, 11) is 0. The third-order valence-corrected chi connectivity index (χ3v) is 2.82. The molecule has 1 aromatic heterocycles. The highest BCUT2D eigenvalue weighted by Gasteiger charge is 2.10. The van der Waals surface area contributed by atoms with E-state index in [1.165, 1.54) is 5.56 Å². The number of aromatic nitrogens is 2. The van der Waals surface area contributed by atoms with Gasteiger partial charge in [0.1, 0.15) is 0 Å². The number of aromatic amines is 1. The molecule has 3 nitrogen and oxygen atoms in total. The first-order valence-electron chi connectivity index (χ1n) is 4.84. The van der Waals surface area contributed by atoms with Crippen molar-refractivity contribution in [1.29, 1.82) is 0 Å². The van der Waals surface area contributed by atoms with Crippen molar-refractivity contribution >= 4 is 11.5 Å². The Balaban J connectivity index is 2.57. The molecular formula is C11H12N2OS. The molecule has 78 valence electrons. The van der Waals surface area contributed by atoms with Crippen LogP contribution in [0.1, 0.15) is 25.3 Å². The van der Waals surface area contributed by atoms with E-state index in [1.54, 1.807) is 0 Å². The van der Waals surface area contributed by atoms with E-state index in [-0.39, 0.29) is 4.87 Å². The van der Waals surface area contributed by atoms with Crippen molar-refractivity contribution in [2.45, 2.75) is 19.8 Å². The zero-order chi connectivity index (χ0) is 10.8. The van der Waals surface area contributed by atoms with E-state index in [9.17, 15) is 4.79 Å². The van der Waals surface area contributed by atoms with Gasteiger partial charge in [-0.05, 0) is 11.5 Å². The van der Waals surface area contributed by atoms with E-state index >= 15 is 0 Å². The van der Waals surface area contributed by atoms with Gasteiger partial charge in [-0.25, -0.2) is 0 Å². The summed E-state index contributed by atoms with van der Waals surface area (Å²) in [4.78, 5) is 13.7. The molecule has 0 atom stereocenters. The summed E-state index contributed by atoms with van der Waals surface area (Å²) < 4.78 is 4.10. The SMILES string of the molecule is CC(C)c1ccccc1-c1nsc(=O)[nH]1. The second-order valence-corrected chi connectivity index (χ2v) is 4.42. The van der Waals surface area contributed by atoms with Crippen LogP contribution in [0.2, 0.25) is 0 Å². The van der Waals surface area contributed by atoms with E-state index in [1.807, 2.05) is 18.2 Å². The first-order chi connectivity index (χ1) is 7.18. The Hall–Kier alpha value is -1.42. The van der Waals surface area contributed by atoms with Gasteiger partial charge >= 0.3 is 4.87 Å². The fourth-order valence-corrected chi connectivity index (χ4v) is 2.02. The lowest BCUT2D eigenvalue weighted by Crippen LogP contribution is -1.96. The lowest BCUT2D eigenvalue weighted by molar-refractivity contribution is 0.867. The van der Waals surface area contributed by atoms with Gasteiger partial charge in [0, 0.05) is 17.1 Å². The maximum Gasteiger partial charge on any atom is 0.323 e. The molecule has 0 aliphatic carbocycles. The number of rotatable bonds is 2. The molecule has 0 bridgehead atoms. The third kappa shape index (κ3) is 1.99. The maximum atomic E-state index is 11.0. The van der Waals surface area contributed by atoms with Gasteiger partial charge in [0.15, 0.2) is 5.82 Å². The van der Waals surface area contributed by atoms with Gasteiger partial charge in [-0.2, -0.15) is 4.37 Å². The van der Waals surface area contributed by atoms with Crippen LogP contribution >= 0.6 is 11.5 Å². The lowest BCUT2D eigenvalue weighted by atomic mass is 9.97. The summed E-state index contributed by atoms with van der Waals surface area (Å²) in [6.07, 6.45) is 0. The zero-order valence-corrected chi connectivity index (χ0v) is 9.47. The molecule has 0 aliphatic rings. The number of H-pyrrole nitrogens is 1. The average molecular weight is 220 g/mol. The summed E-state index contributed by atoms with van der Waals surface area (Å²) in [5.41, 5.74) is 2.23. The van der Waals surface area contributed by atoms with Crippen molar-refractivity contribution in [3.05, 3.63) is 39.5 Å². The summed E-state index contributed by atoms with van der Waals surface area (Å²) in [5, 5.41) is 0. The number of benzene rings is 1. The highest BCUT2D eigenvalue weighted by molar-refractivity contribution is 7.03. The fraction of sp³-hybridized carbons (Fsp3) is 0.273. The first-order valence-corrected chi connectivity index (χ1v) is 5.61. The van der Waals surface area contributed by atoms with E-state index in [2.05, 4.69) is 29.3 Å². The Labute approximate surface area is 92.0 Å². The van der Waals surface area contributed by atoms with Gasteiger partial charge in [-0.1, -0.05) is 38.1 Å². The molecule has 0 fully saturated rings. The Bertz CT molecular complexity index is 513. The predicted molar refractivity (Wildman–Crippen MR) is 62.3 cm³/mol. The molecule has 4 heteroatoms. The highest BCUT2D eigenvalue weighted by Crippen LogP contribution is 2.26. The van der Waals surface area contributed by atoms with Crippen molar-refractivity contribution in [1.82, 2.24) is 9.36 Å². The topological polar surface area (TPSA) is 45.8 Å². The van der Waals surface area contributed by atoms with Crippen molar-refractivity contribution < 1.29 is 0 Å². The zero-order valence-electron chi connectivity index (χ0n) is 8.65. The molecule has 0 saturated heterocycles. The predicted octanol–water partition coefficient (Wildman–Crippen LogP) is 2.62. The monoisotopic (exact) mass is 220 g/mol. The molecule has 0 radical (unpaired) electrons. The van der Waals surface area contributed by atoms with Crippen LogP contribution in [0.15, 0.2) is 29.1 Å². The van der Waals surface area contributed by atoms with Crippen LogP contribution in [0, 0.1) is 0 Å². The van der Waals surface area contributed by atoms with Gasteiger partial charge in [0.25, 0.3) is 0 Å². The summed E-state index contributed by atoms with van der Waals surface area (Å²) >= 11 is 0.959. The van der Waals surface area contributed by atoms with E-state index < -0.39 is 0 Å². The molecule has 1 heterocycles. The third-order valence-electron chi connectivity index (χ3n) is 2.28. The van der Waals surface area contributed by atoms with Crippen LogP contribution in [0.5, 0.6) is 0 Å². The minimum atomic E-state index is -0.108. The molecular weight excluding hydrogens is 208 g/mol. The Kier molecular flexibility index (Phi) is 2.68. The quantitative estimate of drug-likeness (QED) is 0.845. The lowest BCUT2D eigenvalue weighted by Gasteiger charge is -2.09. The van der Waals surface area contributed by atoms with Crippen LogP contribution in [0.3, 0.4) is 0 Å². The normalized spacial score (nSPS) is 10.9. The molecule has 15 heavy (non-hydrogen) atoms. The molecule has 1 aromatic carbocycles. The largest absolute Gasteiger partial charge is 0.323 e. The minimum absolute atomic E-state index is 0.108. The van der Waals surface area contributed by atoms with Gasteiger partial charge in [0.05, 0.1) is 0 Å². The summed E-state index contributed by atoms with van der Waals surface area (Å²) in [5.74, 6) is 1.10. The molecule has 0 saturated carbocycles. The number of hydrogen-bond acceptors (Lipinski definition) is 3. The number of hydrogen-bond donors (Lipinski definition) is 1. The average Bonchev–Trinajstić information content (AvgIpc) is 2.65. The second-order valence-electron chi connectivity index (χ2n) is 3.69. The Morgan fingerprint density at radius 3 is 2.67 bits per heavy atom. The maximum absolute atomic E-state index is 11.0. The van der Waals surface area contributed by atoms with Gasteiger partial charge in [-0.3, -0.25) is 9.78 Å². The Morgan fingerprint density at radius 1 is 1.33 bits per heavy atom. The summed E-state index contributed by atoms with van der Waals surface area (Å²) in [6, 6.07) is 8.01. The van der Waals surface area contributed by atoms with E-state index in [4.69, 9.17) is 0 Å². The fourth-order valence-electron chi connectivity index (χ4n) is 1.56. The smallest absolute Gasteiger partial charge is 0.296 e. The van der Waals surface area contributed by atoms with Gasteiger partial charge < -0.3 is 0 Å². The molecule has 0 aliphatic heterocycles. The molecule has 1 N–H and O–H groups in total.